The van der Waals surface area contributed by atoms with E-state index < -0.39 is 0 Å². The third-order valence-electron chi connectivity index (χ3n) is 1.41. The average Bonchev–Trinajstić information content (AvgIpc) is 1.59. The second kappa shape index (κ2) is 5.38. The molecule has 0 aromatic heterocycles. The van der Waals surface area contributed by atoms with Gasteiger partial charge in [-0.05, 0) is 16.2 Å². The van der Waals surface area contributed by atoms with Crippen molar-refractivity contribution in [3.05, 3.63) is 0 Å². The normalized spacial score (nSPS) is 23.4. The third kappa shape index (κ3) is 3.93. The van der Waals surface area contributed by atoms with Gasteiger partial charge in [-0.2, -0.15) is 0 Å². The summed E-state index contributed by atoms with van der Waals surface area (Å²) in [5, 5.41) is 2.32. The Kier molecular flexibility index (Phi) is 6.31. The second-order valence-corrected chi connectivity index (χ2v) is 10.7. The Bertz CT molecular complexity index is 70.7. The Labute approximate surface area is 73.1 Å². The summed E-state index contributed by atoms with van der Waals surface area (Å²) in [4.78, 5) is 0. The van der Waals surface area contributed by atoms with Gasteiger partial charge in [0.05, 0.1) is 0 Å². The van der Waals surface area contributed by atoms with Gasteiger partial charge in [0.25, 0.3) is 0 Å². The van der Waals surface area contributed by atoms with Crippen LogP contribution in [0, 0.1) is 0 Å². The van der Waals surface area contributed by atoms with Crippen LogP contribution in [-0.4, -0.2) is 16.2 Å². The summed E-state index contributed by atoms with van der Waals surface area (Å²) in [5.74, 6) is 0. The van der Waals surface area contributed by atoms with Crippen molar-refractivity contribution in [2.75, 3.05) is 0 Å². The van der Waals surface area contributed by atoms with Gasteiger partial charge in [-0.25, -0.2) is 0 Å². The highest BCUT2D eigenvalue weighted by Crippen LogP contribution is 2.57. The summed E-state index contributed by atoms with van der Waals surface area (Å²) in [6, 6.07) is 0. The van der Waals surface area contributed by atoms with E-state index in [0.29, 0.717) is 0 Å². The summed E-state index contributed by atoms with van der Waals surface area (Å²) in [7, 11) is 8.89. The van der Waals surface area contributed by atoms with Crippen molar-refractivity contribution in [1.82, 2.24) is 0 Å². The smallest absolute Gasteiger partial charge is 0.00796 e. The van der Waals surface area contributed by atoms with Crippen LogP contribution in [0.2, 0.25) is 0 Å². The maximum atomic E-state index is 2.91. The largest absolute Gasteiger partial charge is 0.130 e. The van der Waals surface area contributed by atoms with Crippen molar-refractivity contribution in [3.63, 3.8) is 0 Å². The van der Waals surface area contributed by atoms with Crippen molar-refractivity contribution in [3.8, 4) is 0 Å². The van der Waals surface area contributed by atoms with Crippen LogP contribution in [0.5, 0.6) is 0 Å². The SMILES string of the molecule is CC(P)P(C(C)P)C(C)P. The highest BCUT2D eigenvalue weighted by molar-refractivity contribution is 7.75. The molecule has 0 aliphatic heterocycles. The molecule has 0 N–H and O–H groups in total. The van der Waals surface area contributed by atoms with Gasteiger partial charge >= 0.3 is 0 Å². The predicted molar refractivity (Wildman–Crippen MR) is 64.4 cm³/mol. The van der Waals surface area contributed by atoms with Gasteiger partial charge in [-0.15, -0.1) is 27.7 Å². The molecule has 0 aliphatic rings. The molecule has 0 rings (SSSR count). The molecule has 0 saturated carbocycles. The van der Waals surface area contributed by atoms with E-state index in [0.717, 1.165) is 16.2 Å². The molecular weight excluding hydrogens is 196 g/mol. The van der Waals surface area contributed by atoms with Crippen molar-refractivity contribution in [2.24, 2.45) is 0 Å². The molecular formula is C6H18P4. The lowest BCUT2D eigenvalue weighted by atomic mass is 10.9. The number of hydrogen-bond donors (Lipinski definition) is 0. The minimum atomic E-state index is 0.151. The summed E-state index contributed by atoms with van der Waals surface area (Å²) >= 11 is 0. The fourth-order valence-corrected chi connectivity index (χ4v) is 10.0. The molecule has 0 saturated heterocycles. The number of hydrogen-bond acceptors (Lipinski definition) is 0. The standard InChI is InChI=1S/C6H18P4/c1-4(7)10(5(2)8)6(3)9/h4-6H,7-9H2,1-3H3. The molecule has 0 aromatic rings. The van der Waals surface area contributed by atoms with E-state index in [1.54, 1.807) is 0 Å². The highest BCUT2D eigenvalue weighted by atomic mass is 31.2. The second-order valence-electron chi connectivity index (χ2n) is 2.67. The Hall–Kier alpha value is 1.72. The minimum absolute atomic E-state index is 0.151. The van der Waals surface area contributed by atoms with Crippen LogP contribution in [0.1, 0.15) is 20.8 Å². The van der Waals surface area contributed by atoms with E-state index in [1.165, 1.54) is 0 Å². The first-order valence-electron chi connectivity index (χ1n) is 3.51. The summed E-state index contributed by atoms with van der Waals surface area (Å²) in [5.41, 5.74) is 0. The molecule has 0 amide bonds. The Morgan fingerprint density at radius 1 is 0.800 bits per heavy atom. The van der Waals surface area contributed by atoms with E-state index in [-0.39, 0.29) is 7.92 Å². The van der Waals surface area contributed by atoms with Gasteiger partial charge < -0.3 is 0 Å². The molecule has 0 aromatic carbocycles. The topological polar surface area (TPSA) is 0 Å². The monoisotopic (exact) mass is 214 g/mol. The quantitative estimate of drug-likeness (QED) is 0.633. The van der Waals surface area contributed by atoms with E-state index in [1.807, 2.05) is 0 Å². The molecule has 0 bridgehead atoms. The molecule has 10 heavy (non-hydrogen) atoms. The molecule has 4 heteroatoms. The van der Waals surface area contributed by atoms with Crippen LogP contribution in [0.15, 0.2) is 0 Å². The van der Waals surface area contributed by atoms with Crippen molar-refractivity contribution >= 4 is 35.6 Å². The zero-order valence-corrected chi connectivity index (χ0v) is 11.3. The van der Waals surface area contributed by atoms with Gasteiger partial charge in [-0.3, -0.25) is 0 Å². The van der Waals surface area contributed by atoms with Gasteiger partial charge in [0.15, 0.2) is 0 Å². The average molecular weight is 214 g/mol. The van der Waals surface area contributed by atoms with Crippen LogP contribution in [0.4, 0.5) is 0 Å². The van der Waals surface area contributed by atoms with E-state index in [9.17, 15) is 0 Å². The lowest BCUT2D eigenvalue weighted by molar-refractivity contribution is 1.24. The van der Waals surface area contributed by atoms with Crippen molar-refractivity contribution in [2.45, 2.75) is 37.0 Å². The highest BCUT2D eigenvalue weighted by Gasteiger charge is 2.19. The van der Waals surface area contributed by atoms with Crippen molar-refractivity contribution < 1.29 is 0 Å². The van der Waals surface area contributed by atoms with Gasteiger partial charge in [0, 0.05) is 0 Å². The fourth-order valence-electron chi connectivity index (χ4n) is 1.11. The molecule has 0 fully saturated rings. The Balaban J connectivity index is 3.98. The summed E-state index contributed by atoms with van der Waals surface area (Å²) in [6.07, 6.45) is 0. The fraction of sp³-hybridized carbons (Fsp3) is 1.00. The Morgan fingerprint density at radius 2 is 1.00 bits per heavy atom. The Morgan fingerprint density at radius 3 is 1.00 bits per heavy atom. The predicted octanol–water partition coefficient (Wildman–Crippen LogP) is 3.13. The molecule has 6 atom stereocenters. The summed E-state index contributed by atoms with van der Waals surface area (Å²) < 4.78 is 0. The zero-order chi connectivity index (χ0) is 8.31. The molecule has 6 unspecified atom stereocenters. The maximum absolute atomic E-state index is 2.91. The lowest BCUT2D eigenvalue weighted by Crippen LogP contribution is -2.04. The van der Waals surface area contributed by atoms with Crippen LogP contribution >= 0.6 is 35.6 Å². The van der Waals surface area contributed by atoms with Gasteiger partial charge in [0.1, 0.15) is 0 Å². The molecule has 62 valence electrons. The van der Waals surface area contributed by atoms with Crippen LogP contribution in [0.25, 0.3) is 0 Å². The first-order valence-corrected chi connectivity index (χ1v) is 7.06. The van der Waals surface area contributed by atoms with E-state index in [4.69, 9.17) is 0 Å². The van der Waals surface area contributed by atoms with Crippen LogP contribution in [0.3, 0.4) is 0 Å². The summed E-state index contributed by atoms with van der Waals surface area (Å²) in [6.45, 7) is 6.87. The van der Waals surface area contributed by atoms with Crippen LogP contribution < -0.4 is 0 Å². The lowest BCUT2D eigenvalue weighted by Gasteiger charge is -2.28. The maximum Gasteiger partial charge on any atom is -0.00796 e. The molecule has 0 aliphatic carbocycles. The van der Waals surface area contributed by atoms with E-state index in [2.05, 4.69) is 48.5 Å². The van der Waals surface area contributed by atoms with Gasteiger partial charge in [0.2, 0.25) is 0 Å². The minimum Gasteiger partial charge on any atom is -0.130 e. The van der Waals surface area contributed by atoms with E-state index >= 15 is 0 Å². The third-order valence-corrected chi connectivity index (χ3v) is 7.33. The molecule has 0 nitrogen and oxygen atoms in total. The zero-order valence-electron chi connectivity index (χ0n) is 6.91. The van der Waals surface area contributed by atoms with Gasteiger partial charge in [-0.1, -0.05) is 28.7 Å². The molecule has 0 heterocycles. The number of rotatable bonds is 3. The molecule has 0 spiro atoms. The molecule has 0 radical (unpaired) electrons. The van der Waals surface area contributed by atoms with Crippen LogP contribution in [-0.2, 0) is 0 Å². The van der Waals surface area contributed by atoms with Crippen molar-refractivity contribution in [1.29, 1.82) is 0 Å². The first kappa shape index (κ1) is 11.7. The first-order chi connectivity index (χ1) is 4.46.